The zero-order chi connectivity index (χ0) is 13.3. The monoisotopic (exact) mass is 249 g/mol. The van der Waals surface area contributed by atoms with Crippen LogP contribution in [0.5, 0.6) is 0 Å². The summed E-state index contributed by atoms with van der Waals surface area (Å²) in [5.74, 6) is -3.39. The number of likely N-dealkylation sites (tertiary alicyclic amines) is 1. The molecule has 1 N–H and O–H groups in total. The molecular weight excluding hydrogens is 238 g/mol. The number of methoxy groups -OCH3 is 1. The van der Waals surface area contributed by atoms with Gasteiger partial charge in [-0.15, -0.1) is 0 Å². The van der Waals surface area contributed by atoms with Crippen molar-refractivity contribution in [3.05, 3.63) is 35.9 Å². The summed E-state index contributed by atoms with van der Waals surface area (Å²) in [6.07, 6.45) is -1.55. The fourth-order valence-electron chi connectivity index (χ4n) is 1.90. The first kappa shape index (κ1) is 12.3. The highest BCUT2D eigenvalue weighted by Gasteiger charge is 2.52. The molecule has 2 rings (SSSR count). The molecule has 1 fully saturated rings. The van der Waals surface area contributed by atoms with Crippen LogP contribution in [0.2, 0.25) is 0 Å². The Morgan fingerprint density at radius 3 is 2.28 bits per heavy atom. The summed E-state index contributed by atoms with van der Waals surface area (Å²) in [5.41, 5.74) is 0.559. The van der Waals surface area contributed by atoms with Gasteiger partial charge >= 0.3 is 5.97 Å². The van der Waals surface area contributed by atoms with Gasteiger partial charge in [0.05, 0.1) is 0 Å². The number of rotatable bonds is 4. The lowest BCUT2D eigenvalue weighted by atomic mass is 9.89. The van der Waals surface area contributed by atoms with E-state index in [-0.39, 0.29) is 0 Å². The second kappa shape index (κ2) is 4.58. The number of benzene rings is 1. The van der Waals surface area contributed by atoms with E-state index in [1.807, 2.05) is 0 Å². The van der Waals surface area contributed by atoms with Gasteiger partial charge in [0.15, 0.2) is 0 Å². The number of imide groups is 1. The van der Waals surface area contributed by atoms with Crippen molar-refractivity contribution in [3.63, 3.8) is 0 Å². The first-order valence-electron chi connectivity index (χ1n) is 5.25. The van der Waals surface area contributed by atoms with Gasteiger partial charge in [0.25, 0.3) is 0 Å². The smallest absolute Gasteiger partial charge is 0.354 e. The Hall–Kier alpha value is -2.21. The first-order valence-corrected chi connectivity index (χ1v) is 5.25. The van der Waals surface area contributed by atoms with Crippen LogP contribution in [0.15, 0.2) is 30.3 Å². The molecule has 0 aliphatic carbocycles. The zero-order valence-corrected chi connectivity index (χ0v) is 9.57. The van der Waals surface area contributed by atoms with Crippen molar-refractivity contribution in [1.29, 1.82) is 0 Å². The third-order valence-electron chi connectivity index (χ3n) is 2.77. The number of hydrogen-bond donors (Lipinski definition) is 1. The van der Waals surface area contributed by atoms with Gasteiger partial charge in [0.1, 0.15) is 5.92 Å². The summed E-state index contributed by atoms with van der Waals surface area (Å²) in [4.78, 5) is 35.1. The Kier molecular flexibility index (Phi) is 3.12. The van der Waals surface area contributed by atoms with Crippen molar-refractivity contribution in [2.24, 2.45) is 0 Å². The lowest BCUT2D eigenvalue weighted by molar-refractivity contribution is -0.186. The van der Waals surface area contributed by atoms with Crippen LogP contribution in [0.4, 0.5) is 0 Å². The lowest BCUT2D eigenvalue weighted by Gasteiger charge is -2.38. The average molecular weight is 249 g/mol. The summed E-state index contributed by atoms with van der Waals surface area (Å²) in [5, 5.41) is 8.83. The van der Waals surface area contributed by atoms with Gasteiger partial charge in [-0.3, -0.25) is 9.59 Å². The Labute approximate surface area is 103 Å². The van der Waals surface area contributed by atoms with Gasteiger partial charge in [-0.1, -0.05) is 30.3 Å². The number of aliphatic carboxylic acids is 1. The topological polar surface area (TPSA) is 83.9 Å². The maximum atomic E-state index is 11.8. The van der Waals surface area contributed by atoms with E-state index in [2.05, 4.69) is 4.74 Å². The van der Waals surface area contributed by atoms with Crippen LogP contribution in [0, 0.1) is 0 Å². The van der Waals surface area contributed by atoms with Crippen LogP contribution in [0.3, 0.4) is 0 Å². The molecule has 0 radical (unpaired) electrons. The van der Waals surface area contributed by atoms with Crippen molar-refractivity contribution < 1.29 is 24.2 Å². The van der Waals surface area contributed by atoms with E-state index in [9.17, 15) is 14.4 Å². The number of ether oxygens (including phenoxy) is 1. The van der Waals surface area contributed by atoms with E-state index in [1.54, 1.807) is 30.3 Å². The van der Waals surface area contributed by atoms with Crippen LogP contribution < -0.4 is 0 Å². The molecule has 94 valence electrons. The van der Waals surface area contributed by atoms with Crippen molar-refractivity contribution in [3.8, 4) is 0 Å². The SMILES string of the molecule is COC(C(=O)O)N1C(=O)C(c2ccccc2)C1=O. The molecule has 1 aliphatic heterocycles. The second-order valence-electron chi connectivity index (χ2n) is 3.82. The molecule has 0 bridgehead atoms. The van der Waals surface area contributed by atoms with Crippen molar-refractivity contribution >= 4 is 17.8 Å². The van der Waals surface area contributed by atoms with Gasteiger partial charge in [-0.05, 0) is 5.56 Å². The summed E-state index contributed by atoms with van der Waals surface area (Å²) >= 11 is 0. The fraction of sp³-hybridized carbons (Fsp3) is 0.250. The van der Waals surface area contributed by atoms with Gasteiger partial charge < -0.3 is 9.84 Å². The summed E-state index contributed by atoms with van der Waals surface area (Å²) in [6, 6.07) is 8.50. The molecule has 0 spiro atoms. The normalized spacial score (nSPS) is 17.5. The zero-order valence-electron chi connectivity index (χ0n) is 9.57. The van der Waals surface area contributed by atoms with Crippen LogP contribution >= 0.6 is 0 Å². The molecule has 1 aromatic rings. The van der Waals surface area contributed by atoms with E-state index in [0.29, 0.717) is 10.5 Å². The van der Waals surface area contributed by atoms with Crippen molar-refractivity contribution in [2.75, 3.05) is 7.11 Å². The third-order valence-corrected chi connectivity index (χ3v) is 2.77. The van der Waals surface area contributed by atoms with E-state index < -0.39 is 29.9 Å². The Bertz CT molecular complexity index is 482. The quantitative estimate of drug-likeness (QED) is 0.608. The molecule has 1 saturated heterocycles. The number of carboxylic acids is 1. The largest absolute Gasteiger partial charge is 0.478 e. The minimum atomic E-state index is -1.55. The average Bonchev–Trinajstić information content (AvgIpc) is 2.36. The molecule has 1 heterocycles. The molecule has 1 atom stereocenters. The minimum absolute atomic E-state index is 0.555. The fourth-order valence-corrected chi connectivity index (χ4v) is 1.90. The van der Waals surface area contributed by atoms with E-state index in [0.717, 1.165) is 7.11 Å². The third kappa shape index (κ3) is 1.76. The molecule has 18 heavy (non-hydrogen) atoms. The van der Waals surface area contributed by atoms with Gasteiger partial charge in [-0.2, -0.15) is 0 Å². The van der Waals surface area contributed by atoms with Crippen LogP contribution in [0.1, 0.15) is 11.5 Å². The van der Waals surface area contributed by atoms with Crippen LogP contribution in [-0.4, -0.2) is 41.1 Å². The van der Waals surface area contributed by atoms with Gasteiger partial charge in [-0.25, -0.2) is 9.69 Å². The van der Waals surface area contributed by atoms with Gasteiger partial charge in [0.2, 0.25) is 18.0 Å². The van der Waals surface area contributed by atoms with Crippen LogP contribution in [-0.2, 0) is 19.1 Å². The maximum absolute atomic E-state index is 11.8. The van der Waals surface area contributed by atoms with Crippen molar-refractivity contribution in [2.45, 2.75) is 12.1 Å². The summed E-state index contributed by atoms with van der Waals surface area (Å²) < 4.78 is 4.63. The molecule has 1 aliphatic rings. The second-order valence-corrected chi connectivity index (χ2v) is 3.82. The molecule has 6 nitrogen and oxygen atoms in total. The molecule has 6 heteroatoms. The van der Waals surface area contributed by atoms with Gasteiger partial charge in [0, 0.05) is 7.11 Å². The molecule has 0 saturated carbocycles. The number of carboxylic acid groups (broad SMARTS) is 1. The molecule has 1 unspecified atom stereocenters. The number of nitrogens with zero attached hydrogens (tertiary/aromatic N) is 1. The predicted octanol–water partition coefficient (Wildman–Crippen LogP) is 0.196. The summed E-state index contributed by atoms with van der Waals surface area (Å²) in [7, 11) is 1.13. The molecular formula is C12H11NO5. The minimum Gasteiger partial charge on any atom is -0.478 e. The highest BCUT2D eigenvalue weighted by Crippen LogP contribution is 2.31. The maximum Gasteiger partial charge on any atom is 0.354 e. The standard InChI is InChI=1S/C12H11NO5/c1-18-11(12(16)17)13-9(14)8(10(13)15)7-5-3-2-4-6-7/h2-6,8,11H,1H3,(H,16,17). The van der Waals surface area contributed by atoms with Crippen LogP contribution in [0.25, 0.3) is 0 Å². The molecule has 0 aromatic heterocycles. The highest BCUT2D eigenvalue weighted by molar-refractivity contribution is 6.23. The molecule has 1 aromatic carbocycles. The van der Waals surface area contributed by atoms with E-state index >= 15 is 0 Å². The molecule has 2 amide bonds. The predicted molar refractivity (Wildman–Crippen MR) is 59.5 cm³/mol. The van der Waals surface area contributed by atoms with E-state index in [4.69, 9.17) is 5.11 Å². The number of carbonyl (C=O) groups excluding carboxylic acids is 2. The Morgan fingerprint density at radius 2 is 1.83 bits per heavy atom. The highest BCUT2D eigenvalue weighted by atomic mass is 16.5. The number of carbonyl (C=O) groups is 3. The lowest BCUT2D eigenvalue weighted by Crippen LogP contribution is -2.62. The van der Waals surface area contributed by atoms with Crippen molar-refractivity contribution in [1.82, 2.24) is 4.90 Å². The number of β-lactam (4-membered cyclic amide) rings is 2. The Morgan fingerprint density at radius 1 is 1.28 bits per heavy atom. The summed E-state index contributed by atoms with van der Waals surface area (Å²) in [6.45, 7) is 0. The first-order chi connectivity index (χ1) is 8.57. The van der Waals surface area contributed by atoms with E-state index in [1.165, 1.54) is 0 Å². The number of amides is 2. The number of hydrogen-bond acceptors (Lipinski definition) is 4. The Balaban J connectivity index is 2.21.